The highest BCUT2D eigenvalue weighted by Gasteiger charge is 2.09. The molecular weight excluding hydrogens is 347 g/mol. The van der Waals surface area contributed by atoms with Gasteiger partial charge in [0.1, 0.15) is 17.3 Å². The maximum atomic E-state index is 13.1. The normalized spacial score (nSPS) is 10.1. The zero-order valence-electron chi connectivity index (χ0n) is 14.3. The van der Waals surface area contributed by atoms with Crippen molar-refractivity contribution < 1.29 is 18.7 Å². The molecule has 0 spiro atoms. The second-order valence-corrected chi connectivity index (χ2v) is 5.68. The second-order valence-electron chi connectivity index (χ2n) is 5.68. The van der Waals surface area contributed by atoms with E-state index in [1.54, 1.807) is 30.3 Å². The van der Waals surface area contributed by atoms with Crippen molar-refractivity contribution in [2.45, 2.75) is 0 Å². The maximum absolute atomic E-state index is 13.1. The van der Waals surface area contributed by atoms with E-state index in [0.29, 0.717) is 22.7 Å². The van der Waals surface area contributed by atoms with Gasteiger partial charge in [-0.25, -0.2) is 4.39 Å². The maximum Gasteiger partial charge on any atom is 0.251 e. The summed E-state index contributed by atoms with van der Waals surface area (Å²) in [6.45, 7) is -0.225. The standard InChI is InChI=1S/C21H17FN2O3/c22-16-5-4-6-17(13-16)24-20(25)14-23-21(26)15-9-11-19(12-10-15)27-18-7-2-1-3-8-18/h1-13H,14H2,(H,23,26)(H,24,25). The van der Waals surface area contributed by atoms with E-state index < -0.39 is 17.6 Å². The summed E-state index contributed by atoms with van der Waals surface area (Å²) < 4.78 is 18.8. The molecule has 0 aliphatic heterocycles. The van der Waals surface area contributed by atoms with Gasteiger partial charge in [-0.1, -0.05) is 24.3 Å². The number of nitrogens with one attached hydrogen (secondary N) is 2. The summed E-state index contributed by atoms with van der Waals surface area (Å²) in [5.41, 5.74) is 0.727. The fourth-order valence-electron chi connectivity index (χ4n) is 2.33. The van der Waals surface area contributed by atoms with Crippen LogP contribution in [-0.4, -0.2) is 18.4 Å². The first kappa shape index (κ1) is 18.1. The second kappa shape index (κ2) is 8.62. The summed E-state index contributed by atoms with van der Waals surface area (Å²) in [4.78, 5) is 24.0. The predicted octanol–water partition coefficient (Wildman–Crippen LogP) is 3.99. The number of halogens is 1. The van der Waals surface area contributed by atoms with Gasteiger partial charge in [0.2, 0.25) is 5.91 Å². The molecule has 0 saturated carbocycles. The van der Waals surface area contributed by atoms with Gasteiger partial charge in [0.25, 0.3) is 5.91 Å². The van der Waals surface area contributed by atoms with Gasteiger partial charge in [0.15, 0.2) is 0 Å². The quantitative estimate of drug-likeness (QED) is 0.695. The molecule has 0 radical (unpaired) electrons. The van der Waals surface area contributed by atoms with Crippen molar-refractivity contribution in [3.63, 3.8) is 0 Å². The lowest BCUT2D eigenvalue weighted by molar-refractivity contribution is -0.115. The molecule has 0 unspecified atom stereocenters. The number of para-hydroxylation sites is 1. The average molecular weight is 364 g/mol. The summed E-state index contributed by atoms with van der Waals surface area (Å²) in [6.07, 6.45) is 0. The fraction of sp³-hybridized carbons (Fsp3) is 0.0476. The Morgan fingerprint density at radius 3 is 2.26 bits per heavy atom. The molecule has 0 atom stereocenters. The van der Waals surface area contributed by atoms with Gasteiger partial charge in [-0.05, 0) is 54.6 Å². The predicted molar refractivity (Wildman–Crippen MR) is 100 cm³/mol. The molecule has 3 aromatic carbocycles. The summed E-state index contributed by atoms with van der Waals surface area (Å²) >= 11 is 0. The van der Waals surface area contributed by atoms with E-state index in [1.807, 2.05) is 30.3 Å². The molecule has 3 aromatic rings. The Morgan fingerprint density at radius 1 is 0.852 bits per heavy atom. The Kier molecular flexibility index (Phi) is 5.79. The van der Waals surface area contributed by atoms with Gasteiger partial charge in [0.05, 0.1) is 6.54 Å². The van der Waals surface area contributed by atoms with Crippen LogP contribution in [-0.2, 0) is 4.79 Å². The number of rotatable bonds is 6. The molecule has 0 bridgehead atoms. The van der Waals surface area contributed by atoms with Gasteiger partial charge in [-0.3, -0.25) is 9.59 Å². The highest BCUT2D eigenvalue weighted by Crippen LogP contribution is 2.21. The van der Waals surface area contributed by atoms with Crippen LogP contribution in [0.1, 0.15) is 10.4 Å². The molecule has 0 saturated heterocycles. The third kappa shape index (κ3) is 5.40. The van der Waals surface area contributed by atoms with Crippen LogP contribution in [0.4, 0.5) is 10.1 Å². The van der Waals surface area contributed by atoms with E-state index in [9.17, 15) is 14.0 Å². The molecule has 0 aliphatic carbocycles. The number of hydrogen-bond donors (Lipinski definition) is 2. The summed E-state index contributed by atoms with van der Waals surface area (Å²) in [6, 6.07) is 21.4. The summed E-state index contributed by atoms with van der Waals surface area (Å²) in [7, 11) is 0. The minimum absolute atomic E-state index is 0.225. The molecule has 0 heterocycles. The Balaban J connectivity index is 1.51. The molecule has 3 rings (SSSR count). The van der Waals surface area contributed by atoms with Gasteiger partial charge in [-0.2, -0.15) is 0 Å². The third-order valence-electron chi connectivity index (χ3n) is 3.61. The zero-order valence-corrected chi connectivity index (χ0v) is 14.3. The molecule has 27 heavy (non-hydrogen) atoms. The molecule has 2 amide bonds. The van der Waals surface area contributed by atoms with E-state index >= 15 is 0 Å². The molecule has 0 fully saturated rings. The third-order valence-corrected chi connectivity index (χ3v) is 3.61. The molecule has 5 nitrogen and oxygen atoms in total. The number of carbonyl (C=O) groups is 2. The minimum Gasteiger partial charge on any atom is -0.457 e. The minimum atomic E-state index is -0.449. The van der Waals surface area contributed by atoms with E-state index in [-0.39, 0.29) is 6.54 Å². The number of amides is 2. The Hall–Kier alpha value is -3.67. The fourth-order valence-corrected chi connectivity index (χ4v) is 2.33. The highest BCUT2D eigenvalue weighted by molar-refractivity contribution is 5.99. The van der Waals surface area contributed by atoms with Crippen molar-refractivity contribution in [3.05, 3.63) is 90.2 Å². The summed E-state index contributed by atoms with van der Waals surface area (Å²) in [5, 5.41) is 5.03. The number of benzene rings is 3. The molecule has 2 N–H and O–H groups in total. The molecule has 6 heteroatoms. The van der Waals surface area contributed by atoms with Crippen LogP contribution in [0.3, 0.4) is 0 Å². The number of hydrogen-bond acceptors (Lipinski definition) is 3. The first-order valence-electron chi connectivity index (χ1n) is 8.27. The van der Waals surface area contributed by atoms with Crippen LogP contribution in [0.25, 0.3) is 0 Å². The van der Waals surface area contributed by atoms with E-state index in [2.05, 4.69) is 10.6 Å². The highest BCUT2D eigenvalue weighted by atomic mass is 19.1. The lowest BCUT2D eigenvalue weighted by Gasteiger charge is -2.08. The van der Waals surface area contributed by atoms with Crippen molar-refractivity contribution >= 4 is 17.5 Å². The van der Waals surface area contributed by atoms with Crippen LogP contribution in [0.15, 0.2) is 78.9 Å². The van der Waals surface area contributed by atoms with Crippen LogP contribution in [0, 0.1) is 5.82 Å². The Bertz CT molecular complexity index is 928. The lowest BCUT2D eigenvalue weighted by Crippen LogP contribution is -2.32. The van der Waals surface area contributed by atoms with E-state index in [4.69, 9.17) is 4.74 Å². The number of ether oxygens (including phenoxy) is 1. The lowest BCUT2D eigenvalue weighted by atomic mass is 10.2. The molecular formula is C21H17FN2O3. The van der Waals surface area contributed by atoms with Crippen LogP contribution in [0.5, 0.6) is 11.5 Å². The monoisotopic (exact) mass is 364 g/mol. The van der Waals surface area contributed by atoms with Crippen LogP contribution >= 0.6 is 0 Å². The van der Waals surface area contributed by atoms with Gasteiger partial charge < -0.3 is 15.4 Å². The van der Waals surface area contributed by atoms with E-state index in [1.165, 1.54) is 18.2 Å². The van der Waals surface area contributed by atoms with Crippen LogP contribution in [0.2, 0.25) is 0 Å². The topological polar surface area (TPSA) is 67.4 Å². The zero-order chi connectivity index (χ0) is 19.1. The smallest absolute Gasteiger partial charge is 0.251 e. The van der Waals surface area contributed by atoms with Crippen molar-refractivity contribution in [2.75, 3.05) is 11.9 Å². The molecule has 0 aromatic heterocycles. The van der Waals surface area contributed by atoms with Gasteiger partial charge in [-0.15, -0.1) is 0 Å². The van der Waals surface area contributed by atoms with Crippen molar-refractivity contribution in [2.24, 2.45) is 0 Å². The summed E-state index contributed by atoms with van der Waals surface area (Å²) in [5.74, 6) is 0.00796. The first-order valence-corrected chi connectivity index (χ1v) is 8.27. The average Bonchev–Trinajstić information content (AvgIpc) is 2.67. The van der Waals surface area contributed by atoms with Gasteiger partial charge >= 0.3 is 0 Å². The van der Waals surface area contributed by atoms with Crippen molar-refractivity contribution in [1.82, 2.24) is 5.32 Å². The van der Waals surface area contributed by atoms with Gasteiger partial charge in [0, 0.05) is 11.3 Å². The molecule has 0 aliphatic rings. The first-order chi connectivity index (χ1) is 13.1. The number of carbonyl (C=O) groups excluding carboxylic acids is 2. The van der Waals surface area contributed by atoms with Crippen molar-refractivity contribution in [1.29, 1.82) is 0 Å². The Morgan fingerprint density at radius 2 is 1.56 bits per heavy atom. The largest absolute Gasteiger partial charge is 0.457 e. The number of anilines is 1. The van der Waals surface area contributed by atoms with Crippen LogP contribution < -0.4 is 15.4 Å². The Labute approximate surface area is 155 Å². The van der Waals surface area contributed by atoms with E-state index in [0.717, 1.165) is 0 Å². The SMILES string of the molecule is O=C(CNC(=O)c1ccc(Oc2ccccc2)cc1)Nc1cccc(F)c1. The molecule has 136 valence electrons. The van der Waals surface area contributed by atoms with Crippen molar-refractivity contribution in [3.8, 4) is 11.5 Å².